The van der Waals surface area contributed by atoms with Gasteiger partial charge in [-0.2, -0.15) is 13.2 Å². The summed E-state index contributed by atoms with van der Waals surface area (Å²) in [7, 11) is 1.60. The highest BCUT2D eigenvalue weighted by Gasteiger charge is 2.33. The monoisotopic (exact) mass is 447 g/mol. The van der Waals surface area contributed by atoms with Crippen molar-refractivity contribution in [2.24, 2.45) is 0 Å². The van der Waals surface area contributed by atoms with Gasteiger partial charge in [0.1, 0.15) is 0 Å². The fraction of sp³-hybridized carbons (Fsp3) is 0.500. The van der Waals surface area contributed by atoms with Gasteiger partial charge in [-0.15, -0.1) is 0 Å². The molecule has 1 aromatic carbocycles. The lowest BCUT2D eigenvalue weighted by Gasteiger charge is -2.33. The van der Waals surface area contributed by atoms with Gasteiger partial charge in [0, 0.05) is 52.5 Å². The first kappa shape index (κ1) is 24.2. The summed E-state index contributed by atoms with van der Waals surface area (Å²) in [6, 6.07) is 3.49. The molecule has 1 fully saturated rings. The van der Waals surface area contributed by atoms with Crippen molar-refractivity contribution in [2.45, 2.75) is 12.6 Å². The zero-order valence-electron chi connectivity index (χ0n) is 16.7. The summed E-state index contributed by atoms with van der Waals surface area (Å²) in [6.45, 7) is 3.37. The van der Waals surface area contributed by atoms with Crippen molar-refractivity contribution in [3.8, 4) is 0 Å². The molecule has 0 radical (unpaired) electrons. The molecule has 30 heavy (non-hydrogen) atoms. The minimum atomic E-state index is -4.56. The summed E-state index contributed by atoms with van der Waals surface area (Å²) in [5, 5.41) is 2.43. The summed E-state index contributed by atoms with van der Waals surface area (Å²) in [6.07, 6.45) is -1.22. The van der Waals surface area contributed by atoms with Crippen LogP contribution < -0.4 is 5.32 Å². The van der Waals surface area contributed by atoms with E-state index in [4.69, 9.17) is 16.3 Å². The van der Waals surface area contributed by atoms with Crippen molar-refractivity contribution < 1.29 is 27.5 Å². The summed E-state index contributed by atoms with van der Waals surface area (Å²) in [5.74, 6) is -0.365. The van der Waals surface area contributed by atoms with Crippen LogP contribution in [0.4, 0.5) is 13.2 Å². The minimum Gasteiger partial charge on any atom is -0.385 e. The number of piperazine rings is 1. The highest BCUT2D eigenvalue weighted by molar-refractivity contribution is 6.31. The maximum atomic E-state index is 12.9. The highest BCUT2D eigenvalue weighted by atomic mass is 35.5. The Bertz CT molecular complexity index is 763. The fourth-order valence-electron chi connectivity index (χ4n) is 2.97. The van der Waals surface area contributed by atoms with Crippen LogP contribution >= 0.6 is 11.6 Å². The second kappa shape index (κ2) is 11.3. The number of rotatable bonds is 8. The predicted octanol–water partition coefficient (Wildman–Crippen LogP) is 2.67. The van der Waals surface area contributed by atoms with Gasteiger partial charge < -0.3 is 15.0 Å². The Balaban J connectivity index is 1.81. The Morgan fingerprint density at radius 1 is 1.23 bits per heavy atom. The lowest BCUT2D eigenvalue weighted by Crippen LogP contribution is -2.50. The maximum Gasteiger partial charge on any atom is 0.417 e. The van der Waals surface area contributed by atoms with Gasteiger partial charge >= 0.3 is 6.18 Å². The third-order valence-electron chi connectivity index (χ3n) is 4.61. The molecule has 0 unspecified atom stereocenters. The number of amides is 2. The lowest BCUT2D eigenvalue weighted by atomic mass is 10.1. The van der Waals surface area contributed by atoms with Crippen molar-refractivity contribution in [2.75, 3.05) is 53.0 Å². The van der Waals surface area contributed by atoms with E-state index in [9.17, 15) is 22.8 Å². The molecule has 2 rings (SSSR count). The number of carbonyl (C=O) groups is 2. The zero-order chi connectivity index (χ0) is 22.1. The molecule has 6 nitrogen and oxygen atoms in total. The molecule has 0 bridgehead atoms. The van der Waals surface area contributed by atoms with E-state index in [1.807, 2.05) is 4.90 Å². The van der Waals surface area contributed by atoms with E-state index >= 15 is 0 Å². The molecular formula is C20H25ClF3N3O3. The van der Waals surface area contributed by atoms with E-state index in [0.717, 1.165) is 18.6 Å². The number of alkyl halides is 3. The second-order valence-electron chi connectivity index (χ2n) is 6.87. The molecule has 166 valence electrons. The quantitative estimate of drug-likeness (QED) is 0.491. The predicted molar refractivity (Wildman–Crippen MR) is 108 cm³/mol. The number of methoxy groups -OCH3 is 1. The molecule has 1 aromatic rings. The molecule has 0 aromatic heterocycles. The Labute approximate surface area is 178 Å². The van der Waals surface area contributed by atoms with Crippen LogP contribution in [0.3, 0.4) is 0 Å². The van der Waals surface area contributed by atoms with Crippen molar-refractivity contribution in [3.63, 3.8) is 0 Å². The van der Waals surface area contributed by atoms with Crippen LogP contribution in [0.25, 0.3) is 6.08 Å². The number of halogens is 4. The van der Waals surface area contributed by atoms with Crippen LogP contribution in [0.2, 0.25) is 5.02 Å². The molecule has 1 N–H and O–H groups in total. The van der Waals surface area contributed by atoms with E-state index in [0.29, 0.717) is 39.3 Å². The first-order valence-corrected chi connectivity index (χ1v) is 9.90. The molecule has 0 atom stereocenters. The topological polar surface area (TPSA) is 61.9 Å². The molecule has 0 spiro atoms. The lowest BCUT2D eigenvalue weighted by molar-refractivity contribution is -0.137. The average molecular weight is 448 g/mol. The molecule has 1 aliphatic heterocycles. The van der Waals surface area contributed by atoms with Gasteiger partial charge in [0.15, 0.2) is 0 Å². The molecule has 1 aliphatic rings. The molecule has 1 heterocycles. The SMILES string of the molecule is COCCCNC(=O)CN1CCN(C(=O)/C=C/c2ccc(Cl)c(C(F)(F)F)c2)CC1. The number of ether oxygens (including phenoxy) is 1. The van der Waals surface area contributed by atoms with E-state index in [1.54, 1.807) is 12.0 Å². The minimum absolute atomic E-state index is 0.0750. The average Bonchev–Trinajstić information content (AvgIpc) is 2.70. The number of benzene rings is 1. The Morgan fingerprint density at radius 3 is 2.57 bits per heavy atom. The summed E-state index contributed by atoms with van der Waals surface area (Å²) in [4.78, 5) is 27.8. The zero-order valence-corrected chi connectivity index (χ0v) is 17.4. The Morgan fingerprint density at radius 2 is 1.93 bits per heavy atom. The van der Waals surface area contributed by atoms with Gasteiger partial charge in [0.05, 0.1) is 17.1 Å². The van der Waals surface area contributed by atoms with Crippen LogP contribution in [0.1, 0.15) is 17.5 Å². The van der Waals surface area contributed by atoms with Gasteiger partial charge in [-0.25, -0.2) is 0 Å². The fourth-order valence-corrected chi connectivity index (χ4v) is 3.19. The van der Waals surface area contributed by atoms with Gasteiger partial charge in [0.25, 0.3) is 0 Å². The van der Waals surface area contributed by atoms with Crippen LogP contribution in [-0.4, -0.2) is 74.6 Å². The number of nitrogens with zero attached hydrogens (tertiary/aromatic N) is 2. The first-order chi connectivity index (χ1) is 14.2. The molecule has 1 saturated heterocycles. The van der Waals surface area contributed by atoms with Crippen LogP contribution in [0.15, 0.2) is 24.3 Å². The third kappa shape index (κ3) is 7.62. The summed E-state index contributed by atoms with van der Waals surface area (Å²) >= 11 is 5.60. The summed E-state index contributed by atoms with van der Waals surface area (Å²) in [5.41, 5.74) is -0.697. The van der Waals surface area contributed by atoms with Gasteiger partial charge in [-0.3, -0.25) is 14.5 Å². The van der Waals surface area contributed by atoms with Gasteiger partial charge in [-0.1, -0.05) is 17.7 Å². The normalized spacial score (nSPS) is 15.6. The number of carbonyl (C=O) groups excluding carboxylic acids is 2. The van der Waals surface area contributed by atoms with Crippen molar-refractivity contribution in [1.29, 1.82) is 0 Å². The van der Waals surface area contributed by atoms with E-state index in [1.165, 1.54) is 18.2 Å². The summed E-state index contributed by atoms with van der Waals surface area (Å²) < 4.78 is 43.7. The van der Waals surface area contributed by atoms with Crippen molar-refractivity contribution in [3.05, 3.63) is 40.4 Å². The molecule has 0 saturated carbocycles. The molecule has 10 heteroatoms. The van der Waals surface area contributed by atoms with Crippen LogP contribution in [0.5, 0.6) is 0 Å². The Kier molecular flexibility index (Phi) is 9.13. The smallest absolute Gasteiger partial charge is 0.385 e. The largest absolute Gasteiger partial charge is 0.417 e. The molecule has 2 amide bonds. The Hall–Kier alpha value is -2.10. The second-order valence-corrected chi connectivity index (χ2v) is 7.28. The molecular weight excluding hydrogens is 423 g/mol. The first-order valence-electron chi connectivity index (χ1n) is 9.52. The van der Waals surface area contributed by atoms with Crippen LogP contribution in [-0.2, 0) is 20.5 Å². The van der Waals surface area contributed by atoms with Gasteiger partial charge in [0.2, 0.25) is 11.8 Å². The number of hydrogen-bond donors (Lipinski definition) is 1. The van der Waals surface area contributed by atoms with Gasteiger partial charge in [-0.05, 0) is 30.2 Å². The van der Waals surface area contributed by atoms with Crippen LogP contribution in [0, 0.1) is 0 Å². The number of nitrogens with one attached hydrogen (secondary N) is 1. The standard InChI is InChI=1S/C20H25ClF3N3O3/c1-30-12-2-7-25-18(28)14-26-8-10-27(11-9-26)19(29)6-4-15-3-5-17(21)16(13-15)20(22,23)24/h3-6,13H,2,7-12,14H2,1H3,(H,25,28)/b6-4+. The maximum absolute atomic E-state index is 12.9. The van der Waals surface area contributed by atoms with Crippen molar-refractivity contribution in [1.82, 2.24) is 15.1 Å². The van der Waals surface area contributed by atoms with E-state index in [-0.39, 0.29) is 28.9 Å². The highest BCUT2D eigenvalue weighted by Crippen LogP contribution is 2.35. The third-order valence-corrected chi connectivity index (χ3v) is 4.94. The van der Waals surface area contributed by atoms with E-state index in [2.05, 4.69) is 5.32 Å². The van der Waals surface area contributed by atoms with E-state index < -0.39 is 11.7 Å². The number of hydrogen-bond acceptors (Lipinski definition) is 4. The molecule has 0 aliphatic carbocycles. The van der Waals surface area contributed by atoms with Crippen molar-refractivity contribution >= 4 is 29.5 Å².